The number of esters is 1. The van der Waals surface area contributed by atoms with Crippen LogP contribution in [0.25, 0.3) is 12.2 Å². The molecule has 6 rings (SSSR count). The van der Waals surface area contributed by atoms with Crippen LogP contribution in [0.5, 0.6) is 17.2 Å². The first kappa shape index (κ1) is 38.8. The summed E-state index contributed by atoms with van der Waals surface area (Å²) >= 11 is 0. The first-order valence-corrected chi connectivity index (χ1v) is 17.5. The molecule has 4 aromatic carbocycles. The summed E-state index contributed by atoms with van der Waals surface area (Å²) in [7, 11) is 0. The Kier molecular flexibility index (Phi) is 11.7. The van der Waals surface area contributed by atoms with Crippen molar-refractivity contribution in [1.82, 2.24) is 0 Å². The summed E-state index contributed by atoms with van der Waals surface area (Å²) in [6.45, 7) is 2.40. The lowest BCUT2D eigenvalue weighted by molar-refractivity contribution is -0.278. The van der Waals surface area contributed by atoms with Gasteiger partial charge in [-0.2, -0.15) is 0 Å². The van der Waals surface area contributed by atoms with Crippen LogP contribution in [-0.4, -0.2) is 87.8 Å². The molecule has 4 aromatic rings. The van der Waals surface area contributed by atoms with Gasteiger partial charge in [0.2, 0.25) is 6.29 Å². The monoisotopic (exact) mass is 751 g/mol. The van der Waals surface area contributed by atoms with Crippen LogP contribution in [0, 0.1) is 0 Å². The third-order valence-corrected chi connectivity index (χ3v) is 9.29. The molecule has 286 valence electrons. The molecule has 0 amide bonds. The minimum atomic E-state index is -1.50. The molecule has 1 heterocycles. The highest BCUT2D eigenvalue weighted by Gasteiger charge is 2.46. The Labute approximate surface area is 316 Å². The summed E-state index contributed by atoms with van der Waals surface area (Å²) in [5.74, 6) is -2.73. The fraction of sp³-hybridized carbons (Fsp3) is 0.268. The molecule has 2 aliphatic rings. The Bertz CT molecular complexity index is 2160. The van der Waals surface area contributed by atoms with Gasteiger partial charge in [-0.3, -0.25) is 19.4 Å². The van der Waals surface area contributed by atoms with Crippen LogP contribution in [0.1, 0.15) is 73.5 Å². The zero-order valence-corrected chi connectivity index (χ0v) is 30.0. The third-order valence-electron chi connectivity index (χ3n) is 9.29. The number of ketones is 2. The lowest BCUT2D eigenvalue weighted by atomic mass is 9.79. The van der Waals surface area contributed by atoms with Crippen molar-refractivity contribution in [3.63, 3.8) is 0 Å². The Hall–Kier alpha value is -5.90. The van der Waals surface area contributed by atoms with Crippen molar-refractivity contribution in [2.75, 3.05) is 13.2 Å². The van der Waals surface area contributed by atoms with E-state index in [0.717, 1.165) is 5.56 Å². The maximum atomic E-state index is 14.6. The number of ether oxygens (including phenoxy) is 4. The molecule has 14 heteroatoms. The summed E-state index contributed by atoms with van der Waals surface area (Å²) in [4.78, 5) is 45.0. The number of benzene rings is 4. The highest BCUT2D eigenvalue weighted by molar-refractivity contribution is 6.31. The highest BCUT2D eigenvalue weighted by Crippen LogP contribution is 2.44. The number of carbonyl (C=O) groups excluding carboxylic acids is 3. The quantitative estimate of drug-likeness (QED) is 0.0269. The molecule has 0 bridgehead atoms. The zero-order chi connectivity index (χ0) is 39.4. The zero-order valence-electron chi connectivity index (χ0n) is 30.0. The molecule has 1 aliphatic heterocycles. The number of fused-ring (bicyclic) bond motifs is 2. The van der Waals surface area contributed by atoms with Gasteiger partial charge in [0.15, 0.2) is 17.5 Å². The van der Waals surface area contributed by atoms with E-state index in [1.807, 2.05) is 30.3 Å². The normalized spacial score (nSPS) is 20.5. The molecule has 0 spiro atoms. The van der Waals surface area contributed by atoms with E-state index in [1.165, 1.54) is 32.0 Å². The number of aliphatic hydroxyl groups excluding tert-OH is 3. The number of nitrogens with two attached hydrogens (primary N) is 2. The standard InChI is InChI=1S/C41H41N3O11/c1-21-34(47)38(51)39(52-16-15-44-41(42)43)40(53-21)55-31-19-29-33(36(49)28(31)18-24-9-6-10-25(17-24)20-45)35(48)27-13-14-30(54-22(2)46)26(32(27)37(29)50)12-11-23-7-4-3-5-8-23/h3-14,17,19,21,34,38-40,45,47,49,51H,15-16,18,20H2,1-2H3,(H4,42,43,44). The number of carbonyl (C=O) groups is 3. The van der Waals surface area contributed by atoms with Crippen molar-refractivity contribution < 1.29 is 53.8 Å². The van der Waals surface area contributed by atoms with Crippen LogP contribution >= 0.6 is 0 Å². The average Bonchev–Trinajstić information content (AvgIpc) is 3.16. The Balaban J connectivity index is 1.49. The summed E-state index contributed by atoms with van der Waals surface area (Å²) in [5.41, 5.74) is 12.6. The number of aliphatic hydroxyl groups is 3. The number of phenols is 1. The molecular formula is C41H41N3O11. The van der Waals surface area contributed by atoms with Crippen molar-refractivity contribution in [2.24, 2.45) is 16.5 Å². The number of aromatic hydroxyl groups is 1. The number of nitrogens with zero attached hydrogens (tertiary/aromatic N) is 1. The number of hydrogen-bond donors (Lipinski definition) is 6. The third kappa shape index (κ3) is 8.28. The summed E-state index contributed by atoms with van der Waals surface area (Å²) in [5, 5.41) is 43.5. The van der Waals surface area contributed by atoms with Crippen molar-refractivity contribution in [3.05, 3.63) is 123 Å². The molecule has 5 atom stereocenters. The molecule has 8 N–H and O–H groups in total. The van der Waals surface area contributed by atoms with E-state index in [1.54, 1.807) is 36.4 Å². The second-order valence-electron chi connectivity index (χ2n) is 13.1. The Morgan fingerprint density at radius 2 is 1.62 bits per heavy atom. The molecule has 1 fully saturated rings. The SMILES string of the molecule is CC(=O)Oc1ccc2c(c1C=Cc1ccccc1)C(=O)c1cc(OC3OC(C)C(O)C(O)C3OCCN=C(N)N)c(Cc3cccc(CO)c3)c(O)c1C2=O. The maximum Gasteiger partial charge on any atom is 0.308 e. The molecule has 0 saturated carbocycles. The fourth-order valence-corrected chi connectivity index (χ4v) is 6.63. The number of rotatable bonds is 12. The molecule has 0 aromatic heterocycles. The van der Waals surface area contributed by atoms with Crippen molar-refractivity contribution in [1.29, 1.82) is 0 Å². The molecule has 5 unspecified atom stereocenters. The van der Waals surface area contributed by atoms with E-state index in [4.69, 9.17) is 30.4 Å². The van der Waals surface area contributed by atoms with Crippen LogP contribution in [0.2, 0.25) is 0 Å². The van der Waals surface area contributed by atoms with Crippen LogP contribution in [-0.2, 0) is 27.3 Å². The minimum Gasteiger partial charge on any atom is -0.507 e. The summed E-state index contributed by atoms with van der Waals surface area (Å²) in [6.07, 6.45) is -3.26. The van der Waals surface area contributed by atoms with E-state index < -0.39 is 54.0 Å². The van der Waals surface area contributed by atoms with Crippen molar-refractivity contribution in [3.8, 4) is 17.2 Å². The molecular weight excluding hydrogens is 710 g/mol. The number of phenolic OH excluding ortho intramolecular Hbond substituents is 1. The second-order valence-corrected chi connectivity index (χ2v) is 13.1. The van der Waals surface area contributed by atoms with Gasteiger partial charge < -0.3 is 50.8 Å². The van der Waals surface area contributed by atoms with E-state index in [9.17, 15) is 34.8 Å². The number of hydrogen-bond acceptors (Lipinski definition) is 12. The van der Waals surface area contributed by atoms with E-state index in [2.05, 4.69) is 4.99 Å². The Morgan fingerprint density at radius 1 is 0.891 bits per heavy atom. The average molecular weight is 752 g/mol. The van der Waals surface area contributed by atoms with E-state index in [-0.39, 0.29) is 77.0 Å². The van der Waals surface area contributed by atoms with Gasteiger partial charge in [0.25, 0.3) is 0 Å². The Morgan fingerprint density at radius 3 is 2.33 bits per heavy atom. The van der Waals surface area contributed by atoms with Crippen molar-refractivity contribution in [2.45, 2.75) is 57.6 Å². The van der Waals surface area contributed by atoms with Crippen LogP contribution in [0.15, 0.2) is 77.8 Å². The number of aliphatic imine (C=N–C) groups is 1. The molecule has 0 radical (unpaired) electrons. The van der Waals surface area contributed by atoms with Crippen LogP contribution in [0.4, 0.5) is 0 Å². The van der Waals surface area contributed by atoms with Gasteiger partial charge in [0.05, 0.1) is 31.4 Å². The lowest BCUT2D eigenvalue weighted by Gasteiger charge is -2.41. The lowest BCUT2D eigenvalue weighted by Crippen LogP contribution is -2.59. The highest BCUT2D eigenvalue weighted by atomic mass is 16.7. The van der Waals surface area contributed by atoms with Gasteiger partial charge in [0, 0.05) is 41.2 Å². The first-order valence-electron chi connectivity index (χ1n) is 17.5. The van der Waals surface area contributed by atoms with Crippen molar-refractivity contribution >= 4 is 35.6 Å². The van der Waals surface area contributed by atoms with Gasteiger partial charge in [-0.15, -0.1) is 0 Å². The largest absolute Gasteiger partial charge is 0.507 e. The summed E-state index contributed by atoms with van der Waals surface area (Å²) in [6, 6.07) is 20.2. The second kappa shape index (κ2) is 16.6. The summed E-state index contributed by atoms with van der Waals surface area (Å²) < 4.78 is 23.7. The van der Waals surface area contributed by atoms with Gasteiger partial charge in [-0.25, -0.2) is 0 Å². The fourth-order valence-electron chi connectivity index (χ4n) is 6.63. The molecule has 1 saturated heterocycles. The first-order chi connectivity index (χ1) is 26.4. The predicted molar refractivity (Wildman–Crippen MR) is 201 cm³/mol. The van der Waals surface area contributed by atoms with Gasteiger partial charge >= 0.3 is 5.97 Å². The maximum absolute atomic E-state index is 14.6. The smallest absolute Gasteiger partial charge is 0.308 e. The van der Waals surface area contributed by atoms with E-state index in [0.29, 0.717) is 11.1 Å². The molecule has 55 heavy (non-hydrogen) atoms. The number of guanidine groups is 1. The van der Waals surface area contributed by atoms with Crippen LogP contribution < -0.4 is 20.9 Å². The van der Waals surface area contributed by atoms with Crippen LogP contribution in [0.3, 0.4) is 0 Å². The van der Waals surface area contributed by atoms with E-state index >= 15 is 0 Å². The molecule has 14 nitrogen and oxygen atoms in total. The van der Waals surface area contributed by atoms with Gasteiger partial charge in [-0.1, -0.05) is 60.7 Å². The predicted octanol–water partition coefficient (Wildman–Crippen LogP) is 2.85. The van der Waals surface area contributed by atoms with Gasteiger partial charge in [0.1, 0.15) is 35.6 Å². The van der Waals surface area contributed by atoms with Gasteiger partial charge in [-0.05, 0) is 47.9 Å². The molecule has 1 aliphatic carbocycles. The topological polar surface area (TPSA) is 233 Å². The minimum absolute atomic E-state index is 0.0163.